The third-order valence-electron chi connectivity index (χ3n) is 4.55. The second-order valence-corrected chi connectivity index (χ2v) is 6.37. The highest BCUT2D eigenvalue weighted by atomic mass is 19.1. The minimum absolute atomic E-state index is 0.227. The molecule has 29 heavy (non-hydrogen) atoms. The van der Waals surface area contributed by atoms with Crippen molar-refractivity contribution in [2.75, 3.05) is 7.11 Å². The number of benzene rings is 3. The Hall–Kier alpha value is -3.80. The molecule has 0 radical (unpaired) electrons. The van der Waals surface area contributed by atoms with Crippen LogP contribution in [0.3, 0.4) is 0 Å². The van der Waals surface area contributed by atoms with Gasteiger partial charge in [0.05, 0.1) is 12.7 Å². The van der Waals surface area contributed by atoms with Crippen LogP contribution in [0.4, 0.5) is 8.78 Å². The van der Waals surface area contributed by atoms with Crippen molar-refractivity contribution in [2.45, 2.75) is 0 Å². The van der Waals surface area contributed by atoms with Crippen LogP contribution in [0, 0.1) is 11.6 Å². The molecule has 4 aromatic rings. The van der Waals surface area contributed by atoms with Crippen LogP contribution in [-0.4, -0.2) is 22.4 Å². The molecule has 6 heteroatoms. The average molecular weight is 390 g/mol. The number of carbonyl (C=O) groups is 1. The van der Waals surface area contributed by atoms with Gasteiger partial charge in [-0.25, -0.2) is 13.8 Å². The molecule has 0 unspecified atom stereocenters. The number of ether oxygens (including phenoxy) is 1. The molecule has 0 fully saturated rings. The largest absolute Gasteiger partial charge is 0.496 e. The highest BCUT2D eigenvalue weighted by Crippen LogP contribution is 2.33. The number of hydrogen-bond acceptors (Lipinski definition) is 3. The number of methoxy groups -OCH3 is 1. The average Bonchev–Trinajstić information content (AvgIpc) is 3.24. The van der Waals surface area contributed by atoms with E-state index in [-0.39, 0.29) is 17.3 Å². The van der Waals surface area contributed by atoms with Gasteiger partial charge in [0.1, 0.15) is 29.4 Å². The van der Waals surface area contributed by atoms with Crippen molar-refractivity contribution in [2.24, 2.45) is 0 Å². The van der Waals surface area contributed by atoms with Crippen molar-refractivity contribution >= 4 is 5.78 Å². The second kappa shape index (κ2) is 7.67. The molecular formula is C23H16F2N2O2. The fourth-order valence-corrected chi connectivity index (χ4v) is 3.11. The molecule has 0 aliphatic carbocycles. The van der Waals surface area contributed by atoms with Crippen molar-refractivity contribution in [3.63, 3.8) is 0 Å². The maximum absolute atomic E-state index is 14.4. The minimum Gasteiger partial charge on any atom is -0.496 e. The summed E-state index contributed by atoms with van der Waals surface area (Å²) in [7, 11) is 1.49. The number of ketones is 1. The SMILES string of the molecule is COc1cccc(F)c1-c1cccc(-n2cnc(C(=O)c3ccc(F)cc3)c2)c1. The molecule has 1 aromatic heterocycles. The highest BCUT2D eigenvalue weighted by Gasteiger charge is 2.15. The van der Waals surface area contributed by atoms with E-state index in [1.165, 1.54) is 43.8 Å². The molecule has 0 saturated heterocycles. The first-order valence-corrected chi connectivity index (χ1v) is 8.84. The molecule has 0 aliphatic rings. The lowest BCUT2D eigenvalue weighted by Gasteiger charge is -2.11. The molecule has 0 bridgehead atoms. The smallest absolute Gasteiger partial charge is 0.212 e. The van der Waals surface area contributed by atoms with E-state index in [0.29, 0.717) is 28.1 Å². The summed E-state index contributed by atoms with van der Waals surface area (Å²) in [6.07, 6.45) is 3.10. The van der Waals surface area contributed by atoms with Crippen molar-refractivity contribution < 1.29 is 18.3 Å². The van der Waals surface area contributed by atoms with Gasteiger partial charge in [-0.3, -0.25) is 4.79 Å². The predicted octanol–water partition coefficient (Wildman–Crippen LogP) is 5.06. The maximum atomic E-state index is 14.4. The summed E-state index contributed by atoms with van der Waals surface area (Å²) in [5.41, 5.74) is 2.28. The second-order valence-electron chi connectivity index (χ2n) is 6.37. The maximum Gasteiger partial charge on any atom is 0.212 e. The first-order chi connectivity index (χ1) is 14.1. The van der Waals surface area contributed by atoms with E-state index in [4.69, 9.17) is 4.74 Å². The summed E-state index contributed by atoms with van der Waals surface area (Å²) >= 11 is 0. The third-order valence-corrected chi connectivity index (χ3v) is 4.55. The molecule has 144 valence electrons. The summed E-state index contributed by atoms with van der Waals surface area (Å²) in [6, 6.07) is 17.1. The lowest BCUT2D eigenvalue weighted by molar-refractivity contribution is 0.103. The zero-order chi connectivity index (χ0) is 20.4. The molecule has 0 spiro atoms. The number of carbonyl (C=O) groups excluding carboxylic acids is 1. The number of nitrogens with zero attached hydrogens (tertiary/aromatic N) is 2. The Labute approximate surface area is 166 Å². The van der Waals surface area contributed by atoms with Gasteiger partial charge in [-0.15, -0.1) is 0 Å². The van der Waals surface area contributed by atoms with E-state index in [1.54, 1.807) is 41.1 Å². The molecule has 0 saturated carbocycles. The number of rotatable bonds is 5. The van der Waals surface area contributed by atoms with Crippen LogP contribution in [0.15, 0.2) is 79.3 Å². The summed E-state index contributed by atoms with van der Waals surface area (Å²) < 4.78 is 34.4. The van der Waals surface area contributed by atoms with Crippen LogP contribution >= 0.6 is 0 Å². The topological polar surface area (TPSA) is 44.1 Å². The molecule has 4 nitrogen and oxygen atoms in total. The van der Waals surface area contributed by atoms with Gasteiger partial charge in [0.15, 0.2) is 0 Å². The fourth-order valence-electron chi connectivity index (χ4n) is 3.11. The summed E-state index contributed by atoms with van der Waals surface area (Å²) in [4.78, 5) is 16.7. The molecule has 0 N–H and O–H groups in total. The zero-order valence-corrected chi connectivity index (χ0v) is 15.5. The predicted molar refractivity (Wildman–Crippen MR) is 105 cm³/mol. The standard InChI is InChI=1S/C23H16F2N2O2/c1-29-21-7-3-6-19(25)22(21)16-4-2-5-18(12-16)27-13-20(26-14-27)23(28)15-8-10-17(24)11-9-15/h2-14H,1H3. The molecule has 1 heterocycles. The quantitative estimate of drug-likeness (QED) is 0.448. The number of imidazole rings is 1. The third kappa shape index (κ3) is 3.65. The summed E-state index contributed by atoms with van der Waals surface area (Å²) in [5.74, 6) is -0.678. The van der Waals surface area contributed by atoms with Gasteiger partial charge >= 0.3 is 0 Å². The lowest BCUT2D eigenvalue weighted by Crippen LogP contribution is -2.01. The van der Waals surface area contributed by atoms with Gasteiger partial charge in [0, 0.05) is 17.4 Å². The molecule has 0 atom stereocenters. The van der Waals surface area contributed by atoms with Crippen molar-refractivity contribution in [1.29, 1.82) is 0 Å². The van der Waals surface area contributed by atoms with Gasteiger partial charge in [-0.1, -0.05) is 18.2 Å². The Morgan fingerprint density at radius 3 is 2.52 bits per heavy atom. The van der Waals surface area contributed by atoms with Gasteiger partial charge in [0.25, 0.3) is 0 Å². The van der Waals surface area contributed by atoms with E-state index in [0.717, 1.165) is 0 Å². The first kappa shape index (κ1) is 18.6. The summed E-state index contributed by atoms with van der Waals surface area (Å²) in [6.45, 7) is 0. The van der Waals surface area contributed by atoms with Crippen LogP contribution in [0.1, 0.15) is 16.1 Å². The van der Waals surface area contributed by atoms with Crippen molar-refractivity contribution in [3.05, 3.63) is 102 Å². The van der Waals surface area contributed by atoms with Crippen LogP contribution in [0.5, 0.6) is 5.75 Å². The highest BCUT2D eigenvalue weighted by molar-refractivity contribution is 6.07. The van der Waals surface area contributed by atoms with Gasteiger partial charge in [-0.05, 0) is 54.1 Å². The number of hydrogen-bond donors (Lipinski definition) is 0. The van der Waals surface area contributed by atoms with Crippen molar-refractivity contribution in [3.8, 4) is 22.6 Å². The molecule has 0 aliphatic heterocycles. The zero-order valence-electron chi connectivity index (χ0n) is 15.5. The normalized spacial score (nSPS) is 10.7. The van der Waals surface area contributed by atoms with Crippen LogP contribution < -0.4 is 4.74 Å². The monoisotopic (exact) mass is 390 g/mol. The Kier molecular flexibility index (Phi) is 4.91. The van der Waals surface area contributed by atoms with Crippen LogP contribution in [-0.2, 0) is 0 Å². The Balaban J connectivity index is 1.68. The van der Waals surface area contributed by atoms with E-state index < -0.39 is 5.82 Å². The Morgan fingerprint density at radius 2 is 1.76 bits per heavy atom. The van der Waals surface area contributed by atoms with Gasteiger partial charge in [-0.2, -0.15) is 0 Å². The van der Waals surface area contributed by atoms with Crippen LogP contribution in [0.2, 0.25) is 0 Å². The van der Waals surface area contributed by atoms with Gasteiger partial charge < -0.3 is 9.30 Å². The molecular weight excluding hydrogens is 374 g/mol. The van der Waals surface area contributed by atoms with Crippen molar-refractivity contribution in [1.82, 2.24) is 9.55 Å². The molecule has 0 amide bonds. The fraction of sp³-hybridized carbons (Fsp3) is 0.0435. The van der Waals surface area contributed by atoms with E-state index in [2.05, 4.69) is 4.98 Å². The minimum atomic E-state index is -0.410. The molecule has 3 aromatic carbocycles. The first-order valence-electron chi connectivity index (χ1n) is 8.84. The summed E-state index contributed by atoms with van der Waals surface area (Å²) in [5, 5.41) is 0. The van der Waals surface area contributed by atoms with Crippen LogP contribution in [0.25, 0.3) is 16.8 Å². The lowest BCUT2D eigenvalue weighted by atomic mass is 10.0. The van der Waals surface area contributed by atoms with Gasteiger partial charge in [0.2, 0.25) is 5.78 Å². The molecule has 4 rings (SSSR count). The number of halogens is 2. The van der Waals surface area contributed by atoms with E-state index in [9.17, 15) is 13.6 Å². The Morgan fingerprint density at radius 1 is 1.00 bits per heavy atom. The van der Waals surface area contributed by atoms with E-state index in [1.807, 2.05) is 6.07 Å². The Bertz CT molecular complexity index is 1180. The number of aromatic nitrogens is 2. The van der Waals surface area contributed by atoms with E-state index >= 15 is 0 Å².